The first-order valence-corrected chi connectivity index (χ1v) is 11.8. The van der Waals surface area contributed by atoms with Crippen LogP contribution in [0.3, 0.4) is 0 Å². The van der Waals surface area contributed by atoms with Gasteiger partial charge in [-0.3, -0.25) is 0 Å². The smallest absolute Gasteiger partial charge is 0.421 e. The number of hydrogen-bond acceptors (Lipinski definition) is 7. The van der Waals surface area contributed by atoms with Crippen molar-refractivity contribution in [3.63, 3.8) is 0 Å². The highest BCUT2D eigenvalue weighted by atomic mass is 16.8. The summed E-state index contributed by atoms with van der Waals surface area (Å²) in [5.41, 5.74) is -0.480. The predicted molar refractivity (Wildman–Crippen MR) is 130 cm³/mol. The molecule has 188 valence electrons. The Morgan fingerprint density at radius 2 is 0.971 bits per heavy atom. The molecule has 0 saturated carbocycles. The van der Waals surface area contributed by atoms with E-state index in [9.17, 15) is 4.79 Å². The summed E-state index contributed by atoms with van der Waals surface area (Å²) in [5.74, 6) is 0. The molecule has 7 heteroatoms. The quantitative estimate of drug-likeness (QED) is 0.248. The zero-order valence-corrected chi connectivity index (χ0v) is 20.8. The van der Waals surface area contributed by atoms with Gasteiger partial charge in [-0.25, -0.2) is 4.79 Å². The molecule has 0 aliphatic heterocycles. The second kappa shape index (κ2) is 14.7. The zero-order chi connectivity index (χ0) is 24.7. The number of benzene rings is 2. The lowest BCUT2D eigenvalue weighted by Gasteiger charge is -2.33. The molecule has 0 spiro atoms. The molecular weight excluding hydrogens is 436 g/mol. The van der Waals surface area contributed by atoms with E-state index in [1.165, 1.54) is 0 Å². The van der Waals surface area contributed by atoms with Gasteiger partial charge < -0.3 is 28.4 Å². The standard InChI is InChI=1S/C27H38O7/c1-5-29-17-19-31-21-26(3,23-13-9-7-10-14-23)33-25(28)34-27(4,22-32-20-18-30-6-2)24-15-11-8-12-16-24/h7-16H,5-6,17-22H2,1-4H3. The van der Waals surface area contributed by atoms with Crippen molar-refractivity contribution >= 4 is 6.16 Å². The first kappa shape index (κ1) is 27.8. The van der Waals surface area contributed by atoms with Crippen molar-refractivity contribution in [1.82, 2.24) is 0 Å². The fourth-order valence-corrected chi connectivity index (χ4v) is 3.37. The second-order valence-electron chi connectivity index (χ2n) is 8.15. The fourth-order valence-electron chi connectivity index (χ4n) is 3.37. The van der Waals surface area contributed by atoms with Gasteiger partial charge in [0.2, 0.25) is 0 Å². The summed E-state index contributed by atoms with van der Waals surface area (Å²) in [4.78, 5) is 13.1. The summed E-state index contributed by atoms with van der Waals surface area (Å²) in [5, 5.41) is 0. The Kier molecular flexibility index (Phi) is 12.0. The number of carbonyl (C=O) groups is 1. The summed E-state index contributed by atoms with van der Waals surface area (Å²) in [6, 6.07) is 19.0. The molecule has 0 fully saturated rings. The van der Waals surface area contributed by atoms with Crippen LogP contribution in [-0.2, 0) is 39.6 Å². The summed E-state index contributed by atoms with van der Waals surface area (Å²) >= 11 is 0. The fraction of sp³-hybridized carbons (Fsp3) is 0.519. The van der Waals surface area contributed by atoms with Gasteiger partial charge in [-0.05, 0) is 38.8 Å². The van der Waals surface area contributed by atoms with Gasteiger partial charge in [0.25, 0.3) is 0 Å². The molecule has 0 heterocycles. The average Bonchev–Trinajstić information content (AvgIpc) is 2.85. The molecular formula is C27H38O7. The van der Waals surface area contributed by atoms with Crippen molar-refractivity contribution in [2.45, 2.75) is 38.9 Å². The minimum Gasteiger partial charge on any atom is -0.421 e. The van der Waals surface area contributed by atoms with Crippen LogP contribution in [0.15, 0.2) is 60.7 Å². The molecule has 0 radical (unpaired) electrons. The second-order valence-corrected chi connectivity index (χ2v) is 8.15. The van der Waals surface area contributed by atoms with E-state index in [-0.39, 0.29) is 13.2 Å². The first-order chi connectivity index (χ1) is 16.4. The van der Waals surface area contributed by atoms with Gasteiger partial charge in [0.15, 0.2) is 11.2 Å². The van der Waals surface area contributed by atoms with Crippen LogP contribution < -0.4 is 0 Å². The number of ether oxygens (including phenoxy) is 6. The van der Waals surface area contributed by atoms with E-state index in [1.54, 1.807) is 0 Å². The highest BCUT2D eigenvalue weighted by Crippen LogP contribution is 2.31. The number of hydrogen-bond donors (Lipinski definition) is 0. The molecule has 0 amide bonds. The topological polar surface area (TPSA) is 72.5 Å². The third-order valence-corrected chi connectivity index (χ3v) is 5.29. The summed E-state index contributed by atoms with van der Waals surface area (Å²) in [6.07, 6.45) is -0.806. The van der Waals surface area contributed by atoms with E-state index in [0.29, 0.717) is 39.6 Å². The van der Waals surface area contributed by atoms with Crippen LogP contribution >= 0.6 is 0 Å². The number of carbonyl (C=O) groups excluding carboxylic acids is 1. The molecule has 0 N–H and O–H groups in total. The summed E-state index contributed by atoms with van der Waals surface area (Å²) < 4.78 is 34.0. The van der Waals surface area contributed by atoms with Crippen molar-refractivity contribution in [3.05, 3.63) is 71.8 Å². The Hall–Kier alpha value is -2.45. The molecule has 2 aromatic carbocycles. The Balaban J connectivity index is 2.12. The summed E-state index contributed by atoms with van der Waals surface area (Å²) in [7, 11) is 0. The Morgan fingerprint density at radius 3 is 1.32 bits per heavy atom. The molecule has 2 aromatic rings. The van der Waals surface area contributed by atoms with Crippen molar-refractivity contribution in [3.8, 4) is 0 Å². The predicted octanol–water partition coefficient (Wildman–Crippen LogP) is 5.08. The zero-order valence-electron chi connectivity index (χ0n) is 20.8. The van der Waals surface area contributed by atoms with E-state index < -0.39 is 17.4 Å². The van der Waals surface area contributed by atoms with Crippen LogP contribution in [0.4, 0.5) is 4.79 Å². The molecule has 2 unspecified atom stereocenters. The summed E-state index contributed by atoms with van der Waals surface area (Å²) in [6.45, 7) is 10.8. The van der Waals surface area contributed by atoms with Crippen molar-refractivity contribution in [1.29, 1.82) is 0 Å². The molecule has 0 bridgehead atoms. The van der Waals surface area contributed by atoms with E-state index >= 15 is 0 Å². The van der Waals surface area contributed by atoms with Gasteiger partial charge in [0, 0.05) is 13.2 Å². The Bertz CT molecular complexity index is 747. The van der Waals surface area contributed by atoms with Gasteiger partial charge in [0.1, 0.15) is 0 Å². The van der Waals surface area contributed by atoms with E-state index in [4.69, 9.17) is 28.4 Å². The van der Waals surface area contributed by atoms with Crippen LogP contribution in [0.25, 0.3) is 0 Å². The van der Waals surface area contributed by atoms with Crippen molar-refractivity contribution in [2.75, 3.05) is 52.9 Å². The third-order valence-electron chi connectivity index (χ3n) is 5.29. The molecule has 0 aliphatic carbocycles. The molecule has 7 nitrogen and oxygen atoms in total. The molecule has 2 atom stereocenters. The van der Waals surface area contributed by atoms with Gasteiger partial charge in [-0.2, -0.15) is 0 Å². The molecule has 0 aromatic heterocycles. The Labute approximate surface area is 203 Å². The maximum Gasteiger partial charge on any atom is 0.510 e. The van der Waals surface area contributed by atoms with Crippen LogP contribution in [0, 0.1) is 0 Å². The highest BCUT2D eigenvalue weighted by Gasteiger charge is 2.37. The third kappa shape index (κ3) is 9.06. The van der Waals surface area contributed by atoms with Crippen LogP contribution in [0.1, 0.15) is 38.8 Å². The number of rotatable bonds is 16. The monoisotopic (exact) mass is 474 g/mol. The van der Waals surface area contributed by atoms with Crippen LogP contribution in [0.5, 0.6) is 0 Å². The molecule has 0 saturated heterocycles. The van der Waals surface area contributed by atoms with Crippen molar-refractivity contribution in [2.24, 2.45) is 0 Å². The van der Waals surface area contributed by atoms with Crippen molar-refractivity contribution < 1.29 is 33.2 Å². The normalized spacial score (nSPS) is 14.7. The minimum atomic E-state index is -1.04. The SMILES string of the molecule is CCOCCOCC(C)(OC(=O)OC(C)(COCCOCC)c1ccccc1)c1ccccc1. The Morgan fingerprint density at radius 1 is 0.618 bits per heavy atom. The van der Waals surface area contributed by atoms with E-state index in [0.717, 1.165) is 11.1 Å². The van der Waals surface area contributed by atoms with Gasteiger partial charge in [-0.15, -0.1) is 0 Å². The van der Waals surface area contributed by atoms with Gasteiger partial charge >= 0.3 is 6.16 Å². The lowest BCUT2D eigenvalue weighted by Crippen LogP contribution is -2.40. The average molecular weight is 475 g/mol. The van der Waals surface area contributed by atoms with E-state index in [1.807, 2.05) is 88.4 Å². The molecule has 0 aliphatic rings. The van der Waals surface area contributed by atoms with Crippen LogP contribution in [0.2, 0.25) is 0 Å². The maximum atomic E-state index is 13.1. The largest absolute Gasteiger partial charge is 0.510 e. The van der Waals surface area contributed by atoms with Gasteiger partial charge in [0.05, 0.1) is 39.6 Å². The molecule has 34 heavy (non-hydrogen) atoms. The maximum absolute atomic E-state index is 13.1. The van der Waals surface area contributed by atoms with E-state index in [2.05, 4.69) is 0 Å². The van der Waals surface area contributed by atoms with Crippen LogP contribution in [-0.4, -0.2) is 59.0 Å². The highest BCUT2D eigenvalue weighted by molar-refractivity contribution is 5.62. The van der Waals surface area contributed by atoms with Gasteiger partial charge in [-0.1, -0.05) is 60.7 Å². The minimum absolute atomic E-state index is 0.159. The first-order valence-electron chi connectivity index (χ1n) is 11.8. The molecule has 2 rings (SSSR count). The lowest BCUT2D eigenvalue weighted by atomic mass is 9.96. The lowest BCUT2D eigenvalue weighted by molar-refractivity contribution is -0.122.